The van der Waals surface area contributed by atoms with Gasteiger partial charge in [-0.2, -0.15) is 0 Å². The van der Waals surface area contributed by atoms with E-state index in [0.29, 0.717) is 16.4 Å². The summed E-state index contributed by atoms with van der Waals surface area (Å²) in [6.07, 6.45) is 0. The molecule has 9 heteroatoms. The van der Waals surface area contributed by atoms with Crippen LogP contribution < -0.4 is 15.4 Å². The van der Waals surface area contributed by atoms with E-state index in [0.717, 1.165) is 0 Å². The fourth-order valence-electron chi connectivity index (χ4n) is 2.27. The van der Waals surface area contributed by atoms with Crippen LogP contribution in [0.25, 0.3) is 0 Å². The van der Waals surface area contributed by atoms with Crippen molar-refractivity contribution in [2.75, 3.05) is 15.4 Å². The van der Waals surface area contributed by atoms with E-state index in [4.69, 9.17) is 11.6 Å². The summed E-state index contributed by atoms with van der Waals surface area (Å²) in [5.41, 5.74) is 0.870. The van der Waals surface area contributed by atoms with Crippen molar-refractivity contribution >= 4 is 50.5 Å². The van der Waals surface area contributed by atoms with Crippen molar-refractivity contribution in [2.45, 2.75) is 11.8 Å². The van der Waals surface area contributed by atoms with Crippen molar-refractivity contribution in [3.05, 3.63) is 47.5 Å². The molecule has 1 heterocycles. The molecule has 0 fully saturated rings. The van der Waals surface area contributed by atoms with Crippen molar-refractivity contribution < 1.29 is 18.0 Å². The Hall–Kier alpha value is -2.58. The third kappa shape index (κ3) is 3.59. The number of sulfonamides is 1. The minimum atomic E-state index is -3.89. The van der Waals surface area contributed by atoms with Crippen LogP contribution in [-0.2, 0) is 19.6 Å². The van der Waals surface area contributed by atoms with Crippen molar-refractivity contribution in [3.8, 4) is 0 Å². The molecule has 0 saturated carbocycles. The van der Waals surface area contributed by atoms with E-state index in [1.54, 1.807) is 18.2 Å². The predicted octanol–water partition coefficient (Wildman–Crippen LogP) is 2.67. The number of fused-ring (bicyclic) bond motifs is 1. The summed E-state index contributed by atoms with van der Waals surface area (Å²) in [6, 6.07) is 10.4. The van der Waals surface area contributed by atoms with Gasteiger partial charge in [0.05, 0.1) is 22.0 Å². The Morgan fingerprint density at radius 1 is 1.00 bits per heavy atom. The molecule has 0 radical (unpaired) electrons. The van der Waals surface area contributed by atoms with Gasteiger partial charge in [0.25, 0.3) is 10.0 Å². The van der Waals surface area contributed by atoms with Gasteiger partial charge >= 0.3 is 0 Å². The summed E-state index contributed by atoms with van der Waals surface area (Å²) < 4.78 is 27.5. The quantitative estimate of drug-likeness (QED) is 0.713. The summed E-state index contributed by atoms with van der Waals surface area (Å²) in [6.45, 7) is 1.47. The van der Waals surface area contributed by atoms with Crippen molar-refractivity contribution in [2.24, 2.45) is 5.92 Å². The highest BCUT2D eigenvalue weighted by atomic mass is 35.5. The fourth-order valence-corrected chi connectivity index (χ4v) is 3.54. The lowest BCUT2D eigenvalue weighted by molar-refractivity contribution is -0.128. The van der Waals surface area contributed by atoms with Crippen LogP contribution in [0.15, 0.2) is 47.4 Å². The minimum Gasteiger partial charge on any atom is -0.324 e. The molecule has 0 aliphatic carbocycles. The molecule has 1 unspecified atom stereocenters. The molecule has 3 rings (SSSR count). The van der Waals surface area contributed by atoms with Crippen molar-refractivity contribution in [1.29, 1.82) is 0 Å². The van der Waals surface area contributed by atoms with E-state index in [1.807, 2.05) is 0 Å². The number of amides is 2. The van der Waals surface area contributed by atoms with E-state index in [2.05, 4.69) is 15.4 Å². The van der Waals surface area contributed by atoms with Gasteiger partial charge in [-0.3, -0.25) is 14.3 Å². The maximum atomic E-state index is 12.5. The largest absolute Gasteiger partial charge is 0.324 e. The Balaban J connectivity index is 1.95. The SMILES string of the molecule is CC1C(=O)Nc2ccc(S(=O)(=O)Nc3cccc(Cl)c3)cc2NC1=O. The smallest absolute Gasteiger partial charge is 0.261 e. The summed E-state index contributed by atoms with van der Waals surface area (Å²) in [7, 11) is -3.89. The topological polar surface area (TPSA) is 104 Å². The number of nitrogens with one attached hydrogen (secondary N) is 3. The highest BCUT2D eigenvalue weighted by Crippen LogP contribution is 2.29. The molecular weight excluding hydrogens is 366 g/mol. The first-order valence-corrected chi connectivity index (χ1v) is 9.16. The van der Waals surface area contributed by atoms with Crippen LogP contribution in [0.4, 0.5) is 17.1 Å². The highest BCUT2D eigenvalue weighted by molar-refractivity contribution is 7.92. The number of benzene rings is 2. The second-order valence-electron chi connectivity index (χ2n) is 5.52. The molecule has 3 N–H and O–H groups in total. The van der Waals surface area contributed by atoms with Crippen LogP contribution in [0.5, 0.6) is 0 Å². The van der Waals surface area contributed by atoms with E-state index in [9.17, 15) is 18.0 Å². The van der Waals surface area contributed by atoms with E-state index in [1.165, 1.54) is 31.2 Å². The molecule has 1 atom stereocenters. The lowest BCUT2D eigenvalue weighted by Crippen LogP contribution is -2.28. The number of carbonyl (C=O) groups excluding carboxylic acids is 2. The molecule has 0 spiro atoms. The maximum Gasteiger partial charge on any atom is 0.261 e. The zero-order valence-corrected chi connectivity index (χ0v) is 14.6. The molecule has 130 valence electrons. The van der Waals surface area contributed by atoms with Gasteiger partial charge in [0, 0.05) is 5.02 Å². The van der Waals surface area contributed by atoms with Gasteiger partial charge in [-0.05, 0) is 43.3 Å². The van der Waals surface area contributed by atoms with Gasteiger partial charge in [0.1, 0.15) is 5.92 Å². The molecule has 7 nitrogen and oxygen atoms in total. The minimum absolute atomic E-state index is 0.0599. The lowest BCUT2D eigenvalue weighted by Gasteiger charge is -2.12. The number of hydrogen-bond donors (Lipinski definition) is 3. The number of carbonyl (C=O) groups is 2. The van der Waals surface area contributed by atoms with Gasteiger partial charge in [0.15, 0.2) is 0 Å². The summed E-state index contributed by atoms with van der Waals surface area (Å²) >= 11 is 5.85. The number of halogens is 1. The maximum absolute atomic E-state index is 12.5. The highest BCUT2D eigenvalue weighted by Gasteiger charge is 2.27. The van der Waals surface area contributed by atoms with E-state index in [-0.39, 0.29) is 10.6 Å². The standard InChI is InChI=1S/C16H14ClN3O4S/c1-9-15(21)18-13-6-5-12(8-14(13)19-16(9)22)25(23,24)20-11-4-2-3-10(17)7-11/h2-9,20H,1H3,(H,18,21)(H,19,22). The normalized spacial score (nSPS) is 17.1. The Morgan fingerprint density at radius 3 is 2.36 bits per heavy atom. The van der Waals surface area contributed by atoms with Gasteiger partial charge in [-0.25, -0.2) is 8.42 Å². The average molecular weight is 380 g/mol. The Bertz CT molecular complexity index is 975. The Morgan fingerprint density at radius 2 is 1.68 bits per heavy atom. The summed E-state index contributed by atoms with van der Waals surface area (Å²) in [4.78, 5) is 23.7. The lowest BCUT2D eigenvalue weighted by atomic mass is 10.1. The molecule has 2 aromatic rings. The average Bonchev–Trinajstić information content (AvgIpc) is 2.64. The van der Waals surface area contributed by atoms with Crippen LogP contribution in [0.1, 0.15) is 6.92 Å². The van der Waals surface area contributed by atoms with Gasteiger partial charge < -0.3 is 10.6 Å². The van der Waals surface area contributed by atoms with Crippen LogP contribution in [0.3, 0.4) is 0 Å². The monoisotopic (exact) mass is 379 g/mol. The fraction of sp³-hybridized carbons (Fsp3) is 0.125. The first kappa shape index (κ1) is 17.2. The zero-order valence-electron chi connectivity index (χ0n) is 13.0. The number of anilines is 3. The van der Waals surface area contributed by atoms with Crippen molar-refractivity contribution in [3.63, 3.8) is 0 Å². The third-order valence-electron chi connectivity index (χ3n) is 3.68. The zero-order chi connectivity index (χ0) is 18.2. The molecule has 0 saturated heterocycles. The molecule has 1 aliphatic heterocycles. The van der Waals surface area contributed by atoms with Crippen LogP contribution in [0.2, 0.25) is 5.02 Å². The predicted molar refractivity (Wildman–Crippen MR) is 95.1 cm³/mol. The molecule has 0 bridgehead atoms. The van der Waals surface area contributed by atoms with Crippen molar-refractivity contribution in [1.82, 2.24) is 0 Å². The number of rotatable bonds is 3. The molecule has 25 heavy (non-hydrogen) atoms. The third-order valence-corrected chi connectivity index (χ3v) is 5.29. The van der Waals surface area contributed by atoms with Gasteiger partial charge in [-0.1, -0.05) is 17.7 Å². The summed E-state index contributed by atoms with van der Waals surface area (Å²) in [5, 5.41) is 5.53. The van der Waals surface area contributed by atoms with Gasteiger partial charge in [-0.15, -0.1) is 0 Å². The second kappa shape index (κ2) is 6.38. The summed E-state index contributed by atoms with van der Waals surface area (Å²) in [5.74, 6) is -1.84. The van der Waals surface area contributed by atoms with Gasteiger partial charge in [0.2, 0.25) is 11.8 Å². The molecular formula is C16H14ClN3O4S. The van der Waals surface area contributed by atoms with Crippen LogP contribution in [0, 0.1) is 5.92 Å². The molecule has 2 amide bonds. The molecule has 2 aromatic carbocycles. The second-order valence-corrected chi connectivity index (χ2v) is 7.64. The first-order chi connectivity index (χ1) is 11.8. The van der Waals surface area contributed by atoms with E-state index < -0.39 is 27.8 Å². The van der Waals surface area contributed by atoms with Crippen LogP contribution in [-0.4, -0.2) is 20.2 Å². The van der Waals surface area contributed by atoms with E-state index >= 15 is 0 Å². The first-order valence-electron chi connectivity index (χ1n) is 7.30. The Labute approximate surface area is 149 Å². The number of hydrogen-bond acceptors (Lipinski definition) is 4. The Kier molecular flexibility index (Phi) is 4.40. The molecule has 0 aromatic heterocycles. The van der Waals surface area contributed by atoms with Crippen LogP contribution >= 0.6 is 11.6 Å². The molecule has 1 aliphatic rings.